The Labute approximate surface area is 114 Å². The van der Waals surface area contributed by atoms with Crippen molar-refractivity contribution in [2.24, 2.45) is 0 Å². The van der Waals surface area contributed by atoms with Crippen LogP contribution in [0.1, 0.15) is 31.9 Å². The Morgan fingerprint density at radius 3 is 2.74 bits per heavy atom. The van der Waals surface area contributed by atoms with E-state index in [2.05, 4.69) is 23.8 Å². The molecule has 4 heteroatoms. The maximum atomic E-state index is 14.2. The van der Waals surface area contributed by atoms with E-state index in [9.17, 15) is 9.50 Å². The lowest BCUT2D eigenvalue weighted by atomic mass is 10.1. The predicted octanol–water partition coefficient (Wildman–Crippen LogP) is 2.41. The van der Waals surface area contributed by atoms with Gasteiger partial charge in [-0.1, -0.05) is 6.07 Å². The molecule has 1 aliphatic rings. The minimum Gasteiger partial charge on any atom is -0.389 e. The first-order chi connectivity index (χ1) is 8.99. The second-order valence-corrected chi connectivity index (χ2v) is 5.55. The van der Waals surface area contributed by atoms with Gasteiger partial charge >= 0.3 is 0 Å². The number of benzene rings is 1. The Bertz CT molecular complexity index is 436. The van der Waals surface area contributed by atoms with Gasteiger partial charge in [0.25, 0.3) is 0 Å². The van der Waals surface area contributed by atoms with Crippen LogP contribution in [0.3, 0.4) is 0 Å². The summed E-state index contributed by atoms with van der Waals surface area (Å²) in [6.07, 6.45) is 0.412. The van der Waals surface area contributed by atoms with Gasteiger partial charge in [0.1, 0.15) is 5.82 Å². The average Bonchev–Trinajstić information content (AvgIpc) is 2.50. The topological polar surface area (TPSA) is 26.7 Å². The van der Waals surface area contributed by atoms with Crippen molar-refractivity contribution in [1.29, 1.82) is 0 Å². The summed E-state index contributed by atoms with van der Waals surface area (Å²) >= 11 is 0. The van der Waals surface area contributed by atoms with Crippen LogP contribution in [0.4, 0.5) is 10.1 Å². The zero-order chi connectivity index (χ0) is 14.0. The zero-order valence-electron chi connectivity index (χ0n) is 11.9. The summed E-state index contributed by atoms with van der Waals surface area (Å²) in [5.74, 6) is -0.241. The van der Waals surface area contributed by atoms with E-state index in [-0.39, 0.29) is 5.82 Å². The highest BCUT2D eigenvalue weighted by atomic mass is 19.1. The first-order valence-corrected chi connectivity index (χ1v) is 6.91. The molecule has 0 amide bonds. The molecule has 1 saturated heterocycles. The lowest BCUT2D eigenvalue weighted by Gasteiger charge is -2.30. The van der Waals surface area contributed by atoms with E-state index in [1.54, 1.807) is 13.0 Å². The molecule has 2 atom stereocenters. The molecule has 0 aliphatic carbocycles. The summed E-state index contributed by atoms with van der Waals surface area (Å²) in [5.41, 5.74) is 1.27. The Kier molecular flexibility index (Phi) is 4.42. The van der Waals surface area contributed by atoms with E-state index in [1.165, 1.54) is 6.07 Å². The lowest BCUT2D eigenvalue weighted by Crippen LogP contribution is -2.38. The quantitative estimate of drug-likeness (QED) is 0.890. The molecule has 1 aromatic rings. The van der Waals surface area contributed by atoms with Crippen molar-refractivity contribution in [3.63, 3.8) is 0 Å². The Morgan fingerprint density at radius 1 is 1.37 bits per heavy atom. The maximum absolute atomic E-state index is 14.2. The number of aliphatic hydroxyl groups is 1. The minimum absolute atomic E-state index is 0.241. The van der Waals surface area contributed by atoms with Crippen molar-refractivity contribution in [3.8, 4) is 0 Å². The monoisotopic (exact) mass is 266 g/mol. The second kappa shape index (κ2) is 5.88. The number of aliphatic hydroxyl groups excluding tert-OH is 1. The van der Waals surface area contributed by atoms with Crippen molar-refractivity contribution >= 4 is 5.69 Å². The molecule has 1 aliphatic heterocycles. The van der Waals surface area contributed by atoms with E-state index in [4.69, 9.17) is 0 Å². The van der Waals surface area contributed by atoms with Crippen LogP contribution >= 0.6 is 0 Å². The van der Waals surface area contributed by atoms with Crippen LogP contribution in [0.25, 0.3) is 0 Å². The molecule has 1 fully saturated rings. The number of halogens is 1. The smallest absolute Gasteiger partial charge is 0.146 e. The highest BCUT2D eigenvalue weighted by Gasteiger charge is 2.22. The van der Waals surface area contributed by atoms with E-state index in [1.807, 2.05) is 6.07 Å². The second-order valence-electron chi connectivity index (χ2n) is 5.55. The van der Waals surface area contributed by atoms with Crippen molar-refractivity contribution in [3.05, 3.63) is 29.6 Å². The molecule has 2 unspecified atom stereocenters. The zero-order valence-corrected chi connectivity index (χ0v) is 11.9. The summed E-state index contributed by atoms with van der Waals surface area (Å²) in [6.45, 7) is 6.64. The molecule has 0 bridgehead atoms. The molecule has 106 valence electrons. The van der Waals surface area contributed by atoms with Crippen LogP contribution in [-0.4, -0.2) is 42.7 Å². The lowest BCUT2D eigenvalue weighted by molar-refractivity contribution is 0.199. The molecule has 0 saturated carbocycles. The van der Waals surface area contributed by atoms with Gasteiger partial charge in [-0.2, -0.15) is 0 Å². The number of nitrogens with zero attached hydrogens (tertiary/aromatic N) is 2. The Balaban J connectivity index is 2.25. The maximum Gasteiger partial charge on any atom is 0.146 e. The standard InChI is InChI=1S/C15H23FN2O/c1-11-10-17(3)7-4-8-18(11)15-6-5-13(12(2)19)9-14(15)16/h5-6,9,11-12,19H,4,7-8,10H2,1-3H3. The number of rotatable bonds is 2. The molecule has 19 heavy (non-hydrogen) atoms. The number of hydrogen-bond acceptors (Lipinski definition) is 3. The molecule has 0 radical (unpaired) electrons. The van der Waals surface area contributed by atoms with Crippen molar-refractivity contribution < 1.29 is 9.50 Å². The van der Waals surface area contributed by atoms with Crippen LogP contribution < -0.4 is 4.90 Å². The fourth-order valence-corrected chi connectivity index (χ4v) is 2.75. The van der Waals surface area contributed by atoms with Gasteiger partial charge in [0.05, 0.1) is 11.8 Å². The summed E-state index contributed by atoms with van der Waals surface area (Å²) in [4.78, 5) is 4.41. The third-order valence-electron chi connectivity index (χ3n) is 3.81. The minimum atomic E-state index is -0.628. The largest absolute Gasteiger partial charge is 0.389 e. The van der Waals surface area contributed by atoms with Gasteiger partial charge in [-0.3, -0.25) is 0 Å². The predicted molar refractivity (Wildman–Crippen MR) is 76.0 cm³/mol. The van der Waals surface area contributed by atoms with Crippen molar-refractivity contribution in [2.75, 3.05) is 31.6 Å². The molecule has 2 rings (SSSR count). The van der Waals surface area contributed by atoms with Gasteiger partial charge < -0.3 is 14.9 Å². The van der Waals surface area contributed by atoms with E-state index in [0.717, 1.165) is 26.1 Å². The highest BCUT2D eigenvalue weighted by Crippen LogP contribution is 2.26. The fraction of sp³-hybridized carbons (Fsp3) is 0.600. The normalized spacial score (nSPS) is 23.2. The summed E-state index contributed by atoms with van der Waals surface area (Å²) < 4.78 is 14.2. The summed E-state index contributed by atoms with van der Waals surface area (Å²) in [5, 5.41) is 9.49. The van der Waals surface area contributed by atoms with E-state index < -0.39 is 6.10 Å². The molecule has 3 nitrogen and oxygen atoms in total. The first kappa shape index (κ1) is 14.3. The van der Waals surface area contributed by atoms with Crippen LogP contribution in [0.2, 0.25) is 0 Å². The molecular weight excluding hydrogens is 243 g/mol. The summed E-state index contributed by atoms with van der Waals surface area (Å²) in [6, 6.07) is 5.34. The van der Waals surface area contributed by atoms with Gasteiger partial charge in [-0.05, 0) is 51.6 Å². The number of likely N-dealkylation sites (N-methyl/N-ethyl adjacent to an activating group) is 1. The van der Waals surface area contributed by atoms with Crippen LogP contribution in [0.15, 0.2) is 18.2 Å². The van der Waals surface area contributed by atoms with Gasteiger partial charge in [0.2, 0.25) is 0 Å². The van der Waals surface area contributed by atoms with Crippen LogP contribution in [0.5, 0.6) is 0 Å². The van der Waals surface area contributed by atoms with E-state index >= 15 is 0 Å². The van der Waals surface area contributed by atoms with Gasteiger partial charge in [-0.15, -0.1) is 0 Å². The fourth-order valence-electron chi connectivity index (χ4n) is 2.75. The van der Waals surface area contributed by atoms with E-state index in [0.29, 0.717) is 17.3 Å². The molecule has 1 aromatic carbocycles. The van der Waals surface area contributed by atoms with Crippen LogP contribution in [-0.2, 0) is 0 Å². The van der Waals surface area contributed by atoms with Gasteiger partial charge in [-0.25, -0.2) is 4.39 Å². The Morgan fingerprint density at radius 2 is 2.11 bits per heavy atom. The Hall–Kier alpha value is -1.13. The number of anilines is 1. The number of hydrogen-bond donors (Lipinski definition) is 1. The van der Waals surface area contributed by atoms with Crippen LogP contribution in [0, 0.1) is 5.82 Å². The SMILES string of the molecule is CC(O)c1ccc(N2CCCN(C)CC2C)c(F)c1. The molecule has 0 aromatic heterocycles. The molecular formula is C15H23FN2O. The average molecular weight is 266 g/mol. The third-order valence-corrected chi connectivity index (χ3v) is 3.81. The third kappa shape index (κ3) is 3.25. The van der Waals surface area contributed by atoms with Crippen molar-refractivity contribution in [2.45, 2.75) is 32.4 Å². The summed E-state index contributed by atoms with van der Waals surface area (Å²) in [7, 11) is 2.10. The van der Waals surface area contributed by atoms with Gasteiger partial charge in [0, 0.05) is 19.1 Å². The highest BCUT2D eigenvalue weighted by molar-refractivity contribution is 5.50. The molecule has 1 heterocycles. The van der Waals surface area contributed by atoms with Gasteiger partial charge in [0.15, 0.2) is 0 Å². The van der Waals surface area contributed by atoms with Crippen molar-refractivity contribution in [1.82, 2.24) is 4.90 Å². The first-order valence-electron chi connectivity index (χ1n) is 6.91. The molecule has 0 spiro atoms. The molecule has 1 N–H and O–H groups in total.